The van der Waals surface area contributed by atoms with Gasteiger partial charge >= 0.3 is 5.97 Å². The second kappa shape index (κ2) is 10.7. The molecule has 3 rings (SSSR count). The Hall–Kier alpha value is -1.77. The summed E-state index contributed by atoms with van der Waals surface area (Å²) < 4.78 is 12.7. The Morgan fingerprint density at radius 2 is 1.94 bits per heavy atom. The third kappa shape index (κ3) is 5.66. The number of hydrogen-bond donors (Lipinski definition) is 0. The fourth-order valence-corrected chi connectivity index (χ4v) is 6.31. The van der Waals surface area contributed by atoms with Crippen molar-refractivity contribution in [2.45, 2.75) is 118 Å². The molecule has 1 aromatic rings. The Kier molecular flexibility index (Phi) is 8.35. The van der Waals surface area contributed by atoms with Gasteiger partial charge in [0, 0.05) is 24.3 Å². The van der Waals surface area contributed by atoms with Crippen molar-refractivity contribution in [1.29, 1.82) is 0 Å². The van der Waals surface area contributed by atoms with Crippen LogP contribution in [0.2, 0.25) is 0 Å². The van der Waals surface area contributed by atoms with Gasteiger partial charge in [0.1, 0.15) is 17.1 Å². The van der Waals surface area contributed by atoms with E-state index in [1.807, 2.05) is 0 Å². The van der Waals surface area contributed by atoms with E-state index in [4.69, 9.17) is 9.47 Å². The van der Waals surface area contributed by atoms with Crippen LogP contribution in [0.5, 0.6) is 11.5 Å². The van der Waals surface area contributed by atoms with Crippen LogP contribution in [-0.4, -0.2) is 11.6 Å². The van der Waals surface area contributed by atoms with Crippen LogP contribution in [0.1, 0.15) is 123 Å². The first-order valence-corrected chi connectivity index (χ1v) is 13.3. The first kappa shape index (κ1) is 25.8. The molecule has 0 radical (unpaired) electrons. The van der Waals surface area contributed by atoms with Gasteiger partial charge in [-0.25, -0.2) is 0 Å². The highest BCUT2D eigenvalue weighted by Gasteiger charge is 2.46. The smallest absolute Gasteiger partial charge is 0.308 e. The molecule has 2 aliphatic rings. The summed E-state index contributed by atoms with van der Waals surface area (Å²) in [5.41, 5.74) is 3.63. The first-order valence-electron chi connectivity index (χ1n) is 13.3. The Labute approximate surface area is 202 Å². The highest BCUT2D eigenvalue weighted by Crippen LogP contribution is 2.55. The van der Waals surface area contributed by atoms with Crippen LogP contribution in [0.3, 0.4) is 0 Å². The minimum Gasteiger partial charge on any atom is -0.487 e. The molecule has 0 bridgehead atoms. The molecule has 184 valence electrons. The summed E-state index contributed by atoms with van der Waals surface area (Å²) in [7, 11) is 0. The summed E-state index contributed by atoms with van der Waals surface area (Å²) in [5, 5.41) is 0. The summed E-state index contributed by atoms with van der Waals surface area (Å²) in [5.74, 6) is 3.64. The van der Waals surface area contributed by atoms with Crippen LogP contribution < -0.4 is 9.47 Å². The molecule has 0 amide bonds. The SMILES string of the molecule is CCCCC(C)C(CC)c1cc(OC(C)=O)c2c(c1)OC(C)(C)[C@@H]1CCC=C(C(C)C)C[C@@H]21. The van der Waals surface area contributed by atoms with Crippen LogP contribution in [0.15, 0.2) is 23.8 Å². The molecule has 0 aromatic heterocycles. The molecule has 33 heavy (non-hydrogen) atoms. The van der Waals surface area contributed by atoms with E-state index in [1.54, 1.807) is 0 Å². The molecular formula is C30H46O3. The standard InChI is InChI=1S/C30H46O3/c1-9-11-13-20(5)24(10-2)23-17-27(32-21(6)31)29-25-16-22(19(3)4)14-12-15-26(25)30(7,8)33-28(29)18-23/h14,17-20,24-26H,9-13,15-16H2,1-8H3/t20?,24?,25-,26-/m1/s1. The Bertz CT molecular complexity index is 864. The van der Waals surface area contributed by atoms with Gasteiger partial charge in [0.05, 0.1) is 0 Å². The number of esters is 1. The molecule has 1 heterocycles. The highest BCUT2D eigenvalue weighted by atomic mass is 16.5. The zero-order chi connectivity index (χ0) is 24.3. The lowest BCUT2D eigenvalue weighted by atomic mass is 9.69. The third-order valence-electron chi connectivity index (χ3n) is 8.15. The quantitative estimate of drug-likeness (QED) is 0.224. The van der Waals surface area contributed by atoms with Crippen LogP contribution in [0, 0.1) is 17.8 Å². The van der Waals surface area contributed by atoms with E-state index in [1.165, 1.54) is 37.3 Å². The van der Waals surface area contributed by atoms with Gasteiger partial charge in [-0.2, -0.15) is 0 Å². The molecule has 1 aliphatic carbocycles. The average molecular weight is 455 g/mol. The van der Waals surface area contributed by atoms with E-state index in [2.05, 4.69) is 66.7 Å². The van der Waals surface area contributed by atoms with Crippen LogP contribution in [-0.2, 0) is 4.79 Å². The Morgan fingerprint density at radius 1 is 1.21 bits per heavy atom. The van der Waals surface area contributed by atoms with Crippen molar-refractivity contribution in [2.24, 2.45) is 17.8 Å². The fourth-order valence-electron chi connectivity index (χ4n) is 6.31. The number of rotatable bonds is 8. The van der Waals surface area contributed by atoms with Crippen molar-refractivity contribution in [2.75, 3.05) is 0 Å². The normalized spacial score (nSPS) is 23.5. The molecule has 0 saturated heterocycles. The van der Waals surface area contributed by atoms with Gasteiger partial charge in [-0.1, -0.05) is 65.5 Å². The predicted molar refractivity (Wildman–Crippen MR) is 137 cm³/mol. The van der Waals surface area contributed by atoms with E-state index in [0.717, 1.165) is 42.7 Å². The molecule has 0 fully saturated rings. The predicted octanol–water partition coefficient (Wildman–Crippen LogP) is 8.57. The zero-order valence-electron chi connectivity index (χ0n) is 22.3. The van der Waals surface area contributed by atoms with Crippen molar-refractivity contribution in [3.63, 3.8) is 0 Å². The van der Waals surface area contributed by atoms with Crippen molar-refractivity contribution < 1.29 is 14.3 Å². The number of hydrogen-bond acceptors (Lipinski definition) is 3. The average Bonchev–Trinajstić information content (AvgIpc) is 2.96. The van der Waals surface area contributed by atoms with Gasteiger partial charge in [-0.05, 0) is 75.0 Å². The summed E-state index contributed by atoms with van der Waals surface area (Å²) in [6, 6.07) is 4.44. The number of benzene rings is 1. The highest BCUT2D eigenvalue weighted by molar-refractivity contribution is 5.71. The number of allylic oxidation sites excluding steroid dienone is 2. The van der Waals surface area contributed by atoms with Gasteiger partial charge in [-0.3, -0.25) is 4.79 Å². The van der Waals surface area contributed by atoms with Gasteiger partial charge < -0.3 is 9.47 Å². The van der Waals surface area contributed by atoms with Crippen LogP contribution >= 0.6 is 0 Å². The number of unbranched alkanes of at least 4 members (excludes halogenated alkanes) is 1. The van der Waals surface area contributed by atoms with E-state index in [0.29, 0.717) is 29.6 Å². The lowest BCUT2D eigenvalue weighted by Crippen LogP contribution is -2.44. The number of fused-ring (bicyclic) bond motifs is 3. The molecule has 0 spiro atoms. The van der Waals surface area contributed by atoms with E-state index < -0.39 is 0 Å². The first-order chi connectivity index (χ1) is 15.6. The monoisotopic (exact) mass is 454 g/mol. The fraction of sp³-hybridized carbons (Fsp3) is 0.700. The summed E-state index contributed by atoms with van der Waals surface area (Å²) in [6.07, 6.45) is 10.4. The number of carbonyl (C=O) groups is 1. The van der Waals surface area contributed by atoms with E-state index in [-0.39, 0.29) is 11.6 Å². The molecule has 3 nitrogen and oxygen atoms in total. The zero-order valence-corrected chi connectivity index (χ0v) is 22.3. The second-order valence-electron chi connectivity index (χ2n) is 11.3. The maximum atomic E-state index is 12.2. The molecular weight excluding hydrogens is 408 g/mol. The third-order valence-corrected chi connectivity index (χ3v) is 8.15. The van der Waals surface area contributed by atoms with Crippen LogP contribution in [0.4, 0.5) is 0 Å². The largest absolute Gasteiger partial charge is 0.487 e. The molecule has 1 aromatic carbocycles. The van der Waals surface area contributed by atoms with Gasteiger partial charge in [0.15, 0.2) is 0 Å². The van der Waals surface area contributed by atoms with Crippen molar-refractivity contribution in [3.8, 4) is 11.5 Å². The lowest BCUT2D eigenvalue weighted by molar-refractivity contribution is -0.132. The van der Waals surface area contributed by atoms with Crippen molar-refractivity contribution in [3.05, 3.63) is 34.9 Å². The number of carbonyl (C=O) groups excluding carboxylic acids is 1. The van der Waals surface area contributed by atoms with E-state index >= 15 is 0 Å². The molecule has 4 atom stereocenters. The van der Waals surface area contributed by atoms with Gasteiger partial charge in [0.25, 0.3) is 0 Å². The van der Waals surface area contributed by atoms with Gasteiger partial charge in [-0.15, -0.1) is 0 Å². The van der Waals surface area contributed by atoms with Crippen LogP contribution in [0.25, 0.3) is 0 Å². The molecule has 3 heteroatoms. The second-order valence-corrected chi connectivity index (χ2v) is 11.3. The summed E-state index contributed by atoms with van der Waals surface area (Å²) >= 11 is 0. The number of ether oxygens (including phenoxy) is 2. The minimum atomic E-state index is -0.254. The Balaban J connectivity index is 2.13. The molecule has 0 saturated carbocycles. The minimum absolute atomic E-state index is 0.250. The maximum Gasteiger partial charge on any atom is 0.308 e. The lowest BCUT2D eigenvalue weighted by Gasteiger charge is -2.45. The summed E-state index contributed by atoms with van der Waals surface area (Å²) in [4.78, 5) is 12.2. The van der Waals surface area contributed by atoms with Crippen molar-refractivity contribution >= 4 is 5.97 Å². The van der Waals surface area contributed by atoms with Gasteiger partial charge in [0.2, 0.25) is 0 Å². The molecule has 2 unspecified atom stereocenters. The molecule has 0 N–H and O–H groups in total. The van der Waals surface area contributed by atoms with E-state index in [9.17, 15) is 4.79 Å². The summed E-state index contributed by atoms with van der Waals surface area (Å²) in [6.45, 7) is 17.5. The maximum absolute atomic E-state index is 12.2. The van der Waals surface area contributed by atoms with Crippen molar-refractivity contribution in [1.82, 2.24) is 0 Å². The Morgan fingerprint density at radius 3 is 2.55 bits per heavy atom. The topological polar surface area (TPSA) is 35.5 Å². The molecule has 1 aliphatic heterocycles.